The predicted molar refractivity (Wildman–Crippen MR) is 115 cm³/mol. The summed E-state index contributed by atoms with van der Waals surface area (Å²) in [7, 11) is 0. The Morgan fingerprint density at radius 1 is 1.10 bits per heavy atom. The van der Waals surface area contributed by atoms with Crippen molar-refractivity contribution in [2.75, 3.05) is 31.1 Å². The van der Waals surface area contributed by atoms with Crippen LogP contribution in [0.5, 0.6) is 0 Å². The van der Waals surface area contributed by atoms with Gasteiger partial charge < -0.3 is 9.80 Å². The van der Waals surface area contributed by atoms with E-state index in [0.717, 1.165) is 18.7 Å². The zero-order valence-electron chi connectivity index (χ0n) is 16.9. The smallest absolute Gasteiger partial charge is 0.355 e. The Balaban J connectivity index is 1.34. The minimum absolute atomic E-state index is 0.0192. The molecule has 1 amide bonds. The molecule has 164 valence electrons. The monoisotopic (exact) mass is 449 g/mol. The number of aromatic nitrogens is 1. The van der Waals surface area contributed by atoms with Crippen molar-refractivity contribution in [1.29, 1.82) is 0 Å². The van der Waals surface area contributed by atoms with Crippen LogP contribution >= 0.6 is 11.6 Å². The number of amides is 1. The van der Waals surface area contributed by atoms with Crippen LogP contribution in [-0.4, -0.2) is 42.0 Å². The number of rotatable bonds is 3. The van der Waals surface area contributed by atoms with Gasteiger partial charge in [0.25, 0.3) is 0 Å². The van der Waals surface area contributed by atoms with Gasteiger partial charge in [0.15, 0.2) is 0 Å². The maximum Gasteiger partial charge on any atom is 0.417 e. The Kier molecular flexibility index (Phi) is 6.23. The second-order valence-electron chi connectivity index (χ2n) is 7.92. The van der Waals surface area contributed by atoms with Crippen molar-refractivity contribution in [3.8, 4) is 0 Å². The summed E-state index contributed by atoms with van der Waals surface area (Å²) in [5.41, 5.74) is 1.60. The summed E-state index contributed by atoms with van der Waals surface area (Å²) in [5, 5.41) is -0.0192. The Hall–Kier alpha value is -2.54. The van der Waals surface area contributed by atoms with Gasteiger partial charge in [-0.15, -0.1) is 0 Å². The molecule has 3 heterocycles. The second kappa shape index (κ2) is 8.91. The van der Waals surface area contributed by atoms with E-state index in [1.54, 1.807) is 0 Å². The third-order valence-electron chi connectivity index (χ3n) is 5.96. The van der Waals surface area contributed by atoms with Gasteiger partial charge in [0.1, 0.15) is 5.82 Å². The molecule has 2 aromatic rings. The molecule has 1 saturated heterocycles. The fourth-order valence-electron chi connectivity index (χ4n) is 4.20. The molecule has 4 nitrogen and oxygen atoms in total. The van der Waals surface area contributed by atoms with Gasteiger partial charge in [-0.05, 0) is 36.5 Å². The average Bonchev–Trinajstić information content (AvgIpc) is 2.79. The van der Waals surface area contributed by atoms with Gasteiger partial charge in [-0.25, -0.2) is 4.98 Å². The number of nitrogens with zero attached hydrogens (tertiary/aromatic N) is 3. The van der Waals surface area contributed by atoms with Crippen molar-refractivity contribution >= 4 is 28.9 Å². The first-order valence-corrected chi connectivity index (χ1v) is 10.7. The highest BCUT2D eigenvalue weighted by Gasteiger charge is 2.33. The highest BCUT2D eigenvalue weighted by molar-refractivity contribution is 6.33. The van der Waals surface area contributed by atoms with E-state index in [9.17, 15) is 18.0 Å². The number of benzene rings is 1. The van der Waals surface area contributed by atoms with E-state index in [1.165, 1.54) is 11.1 Å². The van der Waals surface area contributed by atoms with E-state index in [-0.39, 0.29) is 16.8 Å². The highest BCUT2D eigenvalue weighted by Crippen LogP contribution is 2.35. The van der Waals surface area contributed by atoms with Crippen LogP contribution in [0.2, 0.25) is 5.02 Å². The second-order valence-corrected chi connectivity index (χ2v) is 8.33. The standard InChI is InChI=1S/C23H23ClF3N3O/c24-20-14-19(23(25,26)27)15-28-21(20)29-10-8-18(9-11-29)22(31)30-12-6-17(7-13-30)16-4-2-1-3-5-16/h1-6,14-15,18H,7-13H2. The summed E-state index contributed by atoms with van der Waals surface area (Å²) in [5.74, 6) is 0.402. The molecule has 1 fully saturated rings. The lowest BCUT2D eigenvalue weighted by atomic mass is 9.93. The Morgan fingerprint density at radius 2 is 1.81 bits per heavy atom. The summed E-state index contributed by atoms with van der Waals surface area (Å²) < 4.78 is 38.5. The molecular weight excluding hydrogens is 427 g/mol. The number of hydrogen-bond acceptors (Lipinski definition) is 3. The van der Waals surface area contributed by atoms with Crippen LogP contribution in [0.1, 0.15) is 30.4 Å². The zero-order valence-corrected chi connectivity index (χ0v) is 17.7. The number of piperidine rings is 1. The molecule has 1 aromatic heterocycles. The largest absolute Gasteiger partial charge is 0.417 e. The summed E-state index contributed by atoms with van der Waals surface area (Å²) in [4.78, 5) is 20.7. The Bertz CT molecular complexity index is 970. The van der Waals surface area contributed by atoms with E-state index < -0.39 is 11.7 Å². The van der Waals surface area contributed by atoms with Crippen molar-refractivity contribution in [2.24, 2.45) is 5.92 Å². The van der Waals surface area contributed by atoms with Gasteiger partial charge >= 0.3 is 6.18 Å². The van der Waals surface area contributed by atoms with E-state index in [1.807, 2.05) is 28.0 Å². The summed E-state index contributed by atoms with van der Waals surface area (Å²) in [6.45, 7) is 2.38. The number of carbonyl (C=O) groups excluding carboxylic acids is 1. The van der Waals surface area contributed by atoms with Gasteiger partial charge in [-0.2, -0.15) is 13.2 Å². The molecule has 1 aromatic carbocycles. The molecule has 0 N–H and O–H groups in total. The van der Waals surface area contributed by atoms with Gasteiger partial charge in [-0.1, -0.05) is 48.0 Å². The number of hydrogen-bond donors (Lipinski definition) is 0. The maximum absolute atomic E-state index is 13.0. The molecule has 2 aliphatic heterocycles. The first-order chi connectivity index (χ1) is 14.8. The fraction of sp³-hybridized carbons (Fsp3) is 0.391. The quantitative estimate of drug-likeness (QED) is 0.639. The van der Waals surface area contributed by atoms with Crippen LogP contribution in [0.15, 0.2) is 48.7 Å². The average molecular weight is 450 g/mol. The van der Waals surface area contributed by atoms with Crippen molar-refractivity contribution in [1.82, 2.24) is 9.88 Å². The first-order valence-electron chi connectivity index (χ1n) is 10.3. The molecule has 0 saturated carbocycles. The summed E-state index contributed by atoms with van der Waals surface area (Å²) >= 11 is 6.07. The van der Waals surface area contributed by atoms with Crippen LogP contribution < -0.4 is 4.90 Å². The Morgan fingerprint density at radius 3 is 2.39 bits per heavy atom. The normalized spacial score (nSPS) is 18.1. The third kappa shape index (κ3) is 4.87. The van der Waals surface area contributed by atoms with Gasteiger partial charge in [0, 0.05) is 38.3 Å². The Labute approximate surface area is 184 Å². The van der Waals surface area contributed by atoms with Crippen LogP contribution in [0, 0.1) is 5.92 Å². The lowest BCUT2D eigenvalue weighted by Crippen LogP contribution is -2.44. The highest BCUT2D eigenvalue weighted by atomic mass is 35.5. The number of pyridine rings is 1. The number of carbonyl (C=O) groups is 1. The molecular formula is C23H23ClF3N3O. The van der Waals surface area contributed by atoms with Crippen molar-refractivity contribution in [3.05, 3.63) is 64.8 Å². The van der Waals surface area contributed by atoms with E-state index in [2.05, 4.69) is 23.2 Å². The number of anilines is 1. The minimum atomic E-state index is -4.47. The molecule has 0 bridgehead atoms. The van der Waals surface area contributed by atoms with Crippen LogP contribution in [0.4, 0.5) is 19.0 Å². The zero-order chi connectivity index (χ0) is 22.0. The number of halogens is 4. The lowest BCUT2D eigenvalue weighted by Gasteiger charge is -2.36. The van der Waals surface area contributed by atoms with Crippen LogP contribution in [0.25, 0.3) is 5.57 Å². The summed E-state index contributed by atoms with van der Waals surface area (Å²) in [6.07, 6.45) is 0.547. The fourth-order valence-corrected chi connectivity index (χ4v) is 4.48. The molecule has 31 heavy (non-hydrogen) atoms. The summed E-state index contributed by atoms with van der Waals surface area (Å²) in [6, 6.07) is 11.1. The topological polar surface area (TPSA) is 36.4 Å². The van der Waals surface area contributed by atoms with E-state index in [4.69, 9.17) is 11.6 Å². The van der Waals surface area contributed by atoms with Crippen molar-refractivity contribution < 1.29 is 18.0 Å². The van der Waals surface area contributed by atoms with Crippen LogP contribution in [-0.2, 0) is 11.0 Å². The molecule has 8 heteroatoms. The molecule has 0 unspecified atom stereocenters. The number of alkyl halides is 3. The molecule has 0 atom stereocenters. The van der Waals surface area contributed by atoms with E-state index in [0.29, 0.717) is 44.8 Å². The molecule has 2 aliphatic rings. The molecule has 0 spiro atoms. The van der Waals surface area contributed by atoms with Crippen LogP contribution in [0.3, 0.4) is 0 Å². The van der Waals surface area contributed by atoms with Gasteiger partial charge in [0.05, 0.1) is 10.6 Å². The SMILES string of the molecule is O=C(C1CCN(c2ncc(C(F)(F)F)cc2Cl)CC1)N1CC=C(c2ccccc2)CC1. The lowest BCUT2D eigenvalue weighted by molar-refractivity contribution is -0.138. The minimum Gasteiger partial charge on any atom is -0.355 e. The molecule has 0 aliphatic carbocycles. The third-order valence-corrected chi connectivity index (χ3v) is 6.24. The van der Waals surface area contributed by atoms with E-state index >= 15 is 0 Å². The predicted octanol–water partition coefficient (Wildman–Crippen LogP) is 5.29. The van der Waals surface area contributed by atoms with Crippen molar-refractivity contribution in [2.45, 2.75) is 25.4 Å². The van der Waals surface area contributed by atoms with Gasteiger partial charge in [0.2, 0.25) is 5.91 Å². The molecule has 4 rings (SSSR count). The maximum atomic E-state index is 13.0. The first kappa shape index (κ1) is 21.7. The molecule has 0 radical (unpaired) electrons. The van der Waals surface area contributed by atoms with Crippen molar-refractivity contribution in [3.63, 3.8) is 0 Å². The van der Waals surface area contributed by atoms with Gasteiger partial charge in [-0.3, -0.25) is 4.79 Å².